The first-order valence-corrected chi connectivity index (χ1v) is 15.7. The van der Waals surface area contributed by atoms with E-state index in [0.717, 1.165) is 74.2 Å². The van der Waals surface area contributed by atoms with Gasteiger partial charge in [-0.3, -0.25) is 0 Å². The summed E-state index contributed by atoms with van der Waals surface area (Å²) in [6.45, 7) is 4.28. The second-order valence-electron chi connectivity index (χ2n) is 11.8. The Bertz CT molecular complexity index is 1620. The molecule has 252 valence electrons. The van der Waals surface area contributed by atoms with Crippen LogP contribution < -0.4 is 36.6 Å². The number of urea groups is 2. The van der Waals surface area contributed by atoms with Gasteiger partial charge in [-0.2, -0.15) is 13.2 Å². The number of carbonyl (C=O) groups is 2. The Morgan fingerprint density at radius 3 is 1.23 bits per heavy atom. The summed E-state index contributed by atoms with van der Waals surface area (Å²) in [5.74, 6) is 2.17. The molecule has 2 heterocycles. The van der Waals surface area contributed by atoms with Gasteiger partial charge in [-0.25, -0.2) is 9.59 Å². The van der Waals surface area contributed by atoms with Gasteiger partial charge in [0.1, 0.15) is 5.75 Å². The first-order valence-electron chi connectivity index (χ1n) is 15.7. The van der Waals surface area contributed by atoms with Crippen molar-refractivity contribution in [1.29, 1.82) is 0 Å². The van der Waals surface area contributed by atoms with Gasteiger partial charge in [-0.15, -0.1) is 0 Å². The number of benzene rings is 4. The predicted octanol–water partition coefficient (Wildman–Crippen LogP) is 7.21. The molecule has 6 rings (SSSR count). The lowest BCUT2D eigenvalue weighted by atomic mass is 9.94. The van der Waals surface area contributed by atoms with Crippen LogP contribution in [0.3, 0.4) is 0 Å². The molecule has 2 aliphatic rings. The third-order valence-electron chi connectivity index (χ3n) is 8.02. The number of ether oxygens (including phenoxy) is 1. The highest BCUT2D eigenvalue weighted by Gasteiger charge is 2.30. The lowest BCUT2D eigenvalue weighted by Gasteiger charge is -2.27. The largest absolute Gasteiger partial charge is 0.497 e. The number of hydrogen-bond acceptors (Lipinski definition) is 5. The SMILES string of the molecule is COc1ccc(NC(=O)Nc2ccc(CC3CNC3)cc2)cc1.O=C(Nc1ccc(CC2CNC2)cc1)Nc1ccc(C(F)(F)F)cc1. The molecular formula is C36H39F3N6O3. The van der Waals surface area contributed by atoms with E-state index in [2.05, 4.69) is 44.0 Å². The van der Waals surface area contributed by atoms with Crippen molar-refractivity contribution in [3.05, 3.63) is 114 Å². The van der Waals surface area contributed by atoms with Crippen LogP contribution in [0.25, 0.3) is 0 Å². The summed E-state index contributed by atoms with van der Waals surface area (Å²) in [5, 5.41) is 17.3. The standard InChI is InChI=1S/C18H18F3N3O.C18H21N3O2/c19-18(20,21)14-3-7-16(8-4-14)24-17(25)23-15-5-1-12(2-6-15)9-13-10-22-11-13;1-23-17-8-6-16(7-9-17)21-18(22)20-15-4-2-13(3-5-15)10-14-11-19-12-14/h1-8,13,22H,9-11H2,(H2,23,24,25);2-9,14,19H,10-12H2,1H3,(H2,20,21,22). The van der Waals surface area contributed by atoms with Crippen molar-refractivity contribution in [2.24, 2.45) is 11.8 Å². The van der Waals surface area contributed by atoms with E-state index in [-0.39, 0.29) is 6.03 Å². The van der Waals surface area contributed by atoms with Gasteiger partial charge in [-0.1, -0.05) is 24.3 Å². The molecular weight excluding hydrogens is 621 g/mol. The third kappa shape index (κ3) is 10.5. The van der Waals surface area contributed by atoms with Gasteiger partial charge in [0.2, 0.25) is 0 Å². The maximum Gasteiger partial charge on any atom is 0.416 e. The van der Waals surface area contributed by atoms with Crippen molar-refractivity contribution < 1.29 is 27.5 Å². The second-order valence-corrected chi connectivity index (χ2v) is 11.8. The highest BCUT2D eigenvalue weighted by molar-refractivity contribution is 6.00. The van der Waals surface area contributed by atoms with Crippen molar-refractivity contribution >= 4 is 34.8 Å². The zero-order valence-electron chi connectivity index (χ0n) is 26.5. The van der Waals surface area contributed by atoms with Crippen molar-refractivity contribution in [2.75, 3.05) is 54.6 Å². The van der Waals surface area contributed by atoms with E-state index < -0.39 is 17.8 Å². The van der Waals surface area contributed by atoms with Crippen LogP contribution in [-0.2, 0) is 19.0 Å². The molecule has 48 heavy (non-hydrogen) atoms. The Labute approximate surface area is 277 Å². The van der Waals surface area contributed by atoms with Gasteiger partial charge < -0.3 is 36.6 Å². The Balaban J connectivity index is 0.000000188. The predicted molar refractivity (Wildman–Crippen MR) is 183 cm³/mol. The van der Waals surface area contributed by atoms with Gasteiger partial charge in [0.25, 0.3) is 0 Å². The molecule has 2 aliphatic heterocycles. The topological polar surface area (TPSA) is 116 Å². The molecule has 0 aliphatic carbocycles. The maximum absolute atomic E-state index is 12.5. The average molecular weight is 661 g/mol. The fraction of sp³-hybridized carbons (Fsp3) is 0.278. The summed E-state index contributed by atoms with van der Waals surface area (Å²) in [5.41, 5.74) is 4.18. The van der Waals surface area contributed by atoms with Crippen LogP contribution in [0.1, 0.15) is 16.7 Å². The summed E-state index contributed by atoms with van der Waals surface area (Å²) in [4.78, 5) is 23.9. The number of alkyl halides is 3. The number of hydrogen-bond donors (Lipinski definition) is 6. The smallest absolute Gasteiger partial charge is 0.416 e. The Kier molecular flexibility index (Phi) is 11.5. The number of halogens is 3. The van der Waals surface area contributed by atoms with E-state index in [9.17, 15) is 22.8 Å². The summed E-state index contributed by atoms with van der Waals surface area (Å²) < 4.78 is 42.6. The highest BCUT2D eigenvalue weighted by Crippen LogP contribution is 2.30. The molecule has 0 spiro atoms. The second kappa shape index (κ2) is 16.2. The van der Waals surface area contributed by atoms with E-state index in [4.69, 9.17) is 4.74 Å². The summed E-state index contributed by atoms with van der Waals surface area (Å²) in [6, 6.07) is 26.3. The van der Waals surface area contributed by atoms with Crippen LogP contribution in [0.5, 0.6) is 5.75 Å². The van der Waals surface area contributed by atoms with Crippen LogP contribution in [0, 0.1) is 11.8 Å². The van der Waals surface area contributed by atoms with Gasteiger partial charge in [0.15, 0.2) is 0 Å². The molecule has 0 radical (unpaired) electrons. The van der Waals surface area contributed by atoms with Crippen LogP contribution in [0.4, 0.5) is 45.5 Å². The highest BCUT2D eigenvalue weighted by atomic mass is 19.4. The van der Waals surface area contributed by atoms with Gasteiger partial charge in [-0.05, 0) is 135 Å². The van der Waals surface area contributed by atoms with Crippen LogP contribution in [0.2, 0.25) is 0 Å². The normalized spacial score (nSPS) is 14.3. The summed E-state index contributed by atoms with van der Waals surface area (Å²) in [6.07, 6.45) is -2.30. The minimum atomic E-state index is -4.39. The molecule has 4 amide bonds. The van der Waals surface area contributed by atoms with E-state index in [1.54, 1.807) is 31.4 Å². The molecule has 0 saturated carbocycles. The van der Waals surface area contributed by atoms with Crippen molar-refractivity contribution in [2.45, 2.75) is 19.0 Å². The Morgan fingerprint density at radius 2 is 0.938 bits per heavy atom. The lowest BCUT2D eigenvalue weighted by molar-refractivity contribution is -0.137. The molecule has 0 bridgehead atoms. The van der Waals surface area contributed by atoms with Crippen LogP contribution in [0.15, 0.2) is 97.1 Å². The summed E-state index contributed by atoms with van der Waals surface area (Å²) in [7, 11) is 1.61. The number of carbonyl (C=O) groups excluding carboxylic acids is 2. The molecule has 12 heteroatoms. The van der Waals surface area contributed by atoms with E-state index in [1.165, 1.54) is 23.3 Å². The fourth-order valence-corrected chi connectivity index (χ4v) is 5.10. The first kappa shape index (κ1) is 34.3. The average Bonchev–Trinajstić information content (AvgIpc) is 3.03. The quantitative estimate of drug-likeness (QED) is 0.114. The van der Waals surface area contributed by atoms with Crippen LogP contribution >= 0.6 is 0 Å². The molecule has 2 fully saturated rings. The van der Waals surface area contributed by atoms with Crippen LogP contribution in [-0.4, -0.2) is 45.4 Å². The molecule has 9 nitrogen and oxygen atoms in total. The van der Waals surface area contributed by atoms with E-state index in [1.807, 2.05) is 36.4 Å². The zero-order chi connectivity index (χ0) is 33.9. The van der Waals surface area contributed by atoms with Gasteiger partial charge in [0, 0.05) is 22.7 Å². The molecule has 0 unspecified atom stereocenters. The minimum absolute atomic E-state index is 0.258. The van der Waals surface area contributed by atoms with Crippen molar-refractivity contribution in [3.63, 3.8) is 0 Å². The zero-order valence-corrected chi connectivity index (χ0v) is 26.5. The lowest BCUT2D eigenvalue weighted by Crippen LogP contribution is -2.43. The maximum atomic E-state index is 12.5. The third-order valence-corrected chi connectivity index (χ3v) is 8.02. The Hall–Kier alpha value is -5.07. The molecule has 4 aromatic rings. The van der Waals surface area contributed by atoms with E-state index in [0.29, 0.717) is 17.3 Å². The molecule has 4 aromatic carbocycles. The van der Waals surface area contributed by atoms with Gasteiger partial charge >= 0.3 is 18.2 Å². The molecule has 6 N–H and O–H groups in total. The Morgan fingerprint density at radius 1 is 0.604 bits per heavy atom. The summed E-state index contributed by atoms with van der Waals surface area (Å²) >= 11 is 0. The first-order chi connectivity index (χ1) is 23.1. The van der Waals surface area contributed by atoms with Crippen molar-refractivity contribution in [1.82, 2.24) is 10.6 Å². The monoisotopic (exact) mass is 660 g/mol. The number of rotatable bonds is 9. The van der Waals surface area contributed by atoms with E-state index >= 15 is 0 Å². The minimum Gasteiger partial charge on any atom is -0.497 e. The number of nitrogens with one attached hydrogen (secondary N) is 6. The molecule has 0 aromatic heterocycles. The number of methoxy groups -OCH3 is 1. The molecule has 0 atom stereocenters. The van der Waals surface area contributed by atoms with Crippen molar-refractivity contribution in [3.8, 4) is 5.75 Å². The van der Waals surface area contributed by atoms with Gasteiger partial charge in [0.05, 0.1) is 12.7 Å². The molecule has 2 saturated heterocycles. The number of amides is 4. The fourth-order valence-electron chi connectivity index (χ4n) is 5.10. The number of anilines is 4.